The van der Waals surface area contributed by atoms with E-state index >= 15 is 0 Å². The third kappa shape index (κ3) is 13.6. The van der Waals surface area contributed by atoms with Crippen LogP contribution >= 0.6 is 0 Å². The van der Waals surface area contributed by atoms with E-state index in [2.05, 4.69) is 6.07 Å². The Kier molecular flexibility index (Phi) is 11.9. The summed E-state index contributed by atoms with van der Waals surface area (Å²) in [6.45, 7) is 8.11. The maximum absolute atomic E-state index is 8.84. The molecule has 0 bridgehead atoms. The molecule has 0 N–H and O–H groups in total. The molecule has 0 radical (unpaired) electrons. The van der Waals surface area contributed by atoms with Crippen molar-refractivity contribution in [2.45, 2.75) is 26.7 Å². The lowest BCUT2D eigenvalue weighted by molar-refractivity contribution is 0.00282. The fourth-order valence-electron chi connectivity index (χ4n) is 1.36. The highest BCUT2D eigenvalue weighted by Gasteiger charge is 2.15. The lowest BCUT2D eigenvalue weighted by Crippen LogP contribution is -2.12. The maximum Gasteiger partial charge on any atom is 0.0701 e. The first-order valence-electron chi connectivity index (χ1n) is 6.76. The van der Waals surface area contributed by atoms with Gasteiger partial charge in [-0.2, -0.15) is 5.26 Å². The van der Waals surface area contributed by atoms with E-state index in [9.17, 15) is 0 Å². The first-order chi connectivity index (χ1) is 9.12. The Balaban J connectivity index is 3.10. The second kappa shape index (κ2) is 12.4. The number of nitrogens with zero attached hydrogens (tertiary/aromatic N) is 1. The summed E-state index contributed by atoms with van der Waals surface area (Å²) in [7, 11) is 1.65. The summed E-state index contributed by atoms with van der Waals surface area (Å²) in [5.41, 5.74) is -0.251. The van der Waals surface area contributed by atoms with Gasteiger partial charge in [0.25, 0.3) is 0 Å². The summed E-state index contributed by atoms with van der Waals surface area (Å²) in [5, 5.41) is 8.84. The zero-order valence-corrected chi connectivity index (χ0v) is 12.4. The largest absolute Gasteiger partial charge is 0.382 e. The molecule has 19 heavy (non-hydrogen) atoms. The van der Waals surface area contributed by atoms with Gasteiger partial charge in [-0.25, -0.2) is 0 Å². The van der Waals surface area contributed by atoms with Crippen molar-refractivity contribution in [1.29, 1.82) is 5.26 Å². The molecule has 0 spiro atoms. The van der Waals surface area contributed by atoms with Gasteiger partial charge < -0.3 is 18.9 Å². The number of hydrogen-bond acceptors (Lipinski definition) is 5. The SMILES string of the molecule is COCCOCCOCCOCCCC(C)(C)C#N. The molecule has 0 aromatic carbocycles. The highest BCUT2D eigenvalue weighted by atomic mass is 16.6. The molecule has 112 valence electrons. The van der Waals surface area contributed by atoms with Crippen molar-refractivity contribution in [3.8, 4) is 6.07 Å². The third-order valence-electron chi connectivity index (χ3n) is 2.57. The van der Waals surface area contributed by atoms with Crippen LogP contribution in [0.15, 0.2) is 0 Å². The summed E-state index contributed by atoms with van der Waals surface area (Å²) < 4.78 is 20.9. The van der Waals surface area contributed by atoms with E-state index < -0.39 is 0 Å². The molecule has 5 heteroatoms. The van der Waals surface area contributed by atoms with Crippen LogP contribution in [0, 0.1) is 16.7 Å². The van der Waals surface area contributed by atoms with Crippen molar-refractivity contribution in [3.05, 3.63) is 0 Å². The average Bonchev–Trinajstić information content (AvgIpc) is 2.40. The summed E-state index contributed by atoms with van der Waals surface area (Å²) in [4.78, 5) is 0. The van der Waals surface area contributed by atoms with Crippen molar-refractivity contribution in [2.75, 3.05) is 53.4 Å². The zero-order chi connectivity index (χ0) is 14.4. The van der Waals surface area contributed by atoms with E-state index in [1.54, 1.807) is 7.11 Å². The molecule has 0 aromatic rings. The minimum Gasteiger partial charge on any atom is -0.382 e. The predicted molar refractivity (Wildman–Crippen MR) is 73.0 cm³/mol. The molecule has 0 aromatic heterocycles. The topological polar surface area (TPSA) is 60.7 Å². The van der Waals surface area contributed by atoms with Gasteiger partial charge in [0, 0.05) is 13.7 Å². The molecule has 0 saturated carbocycles. The van der Waals surface area contributed by atoms with Crippen molar-refractivity contribution >= 4 is 0 Å². The molecule has 0 aliphatic heterocycles. The van der Waals surface area contributed by atoms with Gasteiger partial charge in [-0.15, -0.1) is 0 Å². The van der Waals surface area contributed by atoms with Crippen molar-refractivity contribution in [3.63, 3.8) is 0 Å². The van der Waals surface area contributed by atoms with E-state index in [0.29, 0.717) is 46.2 Å². The second-order valence-electron chi connectivity index (χ2n) is 4.93. The van der Waals surface area contributed by atoms with E-state index in [1.807, 2.05) is 13.8 Å². The van der Waals surface area contributed by atoms with Gasteiger partial charge in [0.2, 0.25) is 0 Å². The fourth-order valence-corrected chi connectivity index (χ4v) is 1.36. The summed E-state index contributed by atoms with van der Waals surface area (Å²) in [6, 6.07) is 2.28. The predicted octanol–water partition coefficient (Wildman–Crippen LogP) is 2.01. The van der Waals surface area contributed by atoms with Gasteiger partial charge in [-0.05, 0) is 26.7 Å². The minimum absolute atomic E-state index is 0.251. The van der Waals surface area contributed by atoms with E-state index in [-0.39, 0.29) is 5.41 Å². The molecule has 0 saturated heterocycles. The Morgan fingerprint density at radius 2 is 1.32 bits per heavy atom. The van der Waals surface area contributed by atoms with Gasteiger partial charge in [0.15, 0.2) is 0 Å². The molecule has 0 unspecified atom stereocenters. The molecule has 0 atom stereocenters. The second-order valence-corrected chi connectivity index (χ2v) is 4.93. The van der Waals surface area contributed by atoms with Crippen LogP contribution in [0.2, 0.25) is 0 Å². The van der Waals surface area contributed by atoms with Gasteiger partial charge >= 0.3 is 0 Å². The third-order valence-corrected chi connectivity index (χ3v) is 2.57. The summed E-state index contributed by atoms with van der Waals surface area (Å²) in [5.74, 6) is 0. The quantitative estimate of drug-likeness (QED) is 0.480. The molecule has 0 rings (SSSR count). The number of methoxy groups -OCH3 is 1. The van der Waals surface area contributed by atoms with Gasteiger partial charge in [-0.1, -0.05) is 0 Å². The smallest absolute Gasteiger partial charge is 0.0701 e. The lowest BCUT2D eigenvalue weighted by Gasteiger charge is -2.14. The number of nitriles is 1. The normalized spacial score (nSPS) is 11.5. The summed E-state index contributed by atoms with van der Waals surface area (Å²) >= 11 is 0. The first-order valence-corrected chi connectivity index (χ1v) is 6.76. The molecule has 0 fully saturated rings. The highest BCUT2D eigenvalue weighted by Crippen LogP contribution is 2.20. The van der Waals surface area contributed by atoms with E-state index in [1.165, 1.54) is 0 Å². The van der Waals surface area contributed by atoms with Gasteiger partial charge in [0.1, 0.15) is 0 Å². The van der Waals surface area contributed by atoms with Crippen LogP contribution < -0.4 is 0 Å². The number of rotatable bonds is 13. The molecule has 0 amide bonds. The van der Waals surface area contributed by atoms with Crippen LogP contribution in [0.5, 0.6) is 0 Å². The van der Waals surface area contributed by atoms with Crippen LogP contribution in [-0.4, -0.2) is 53.4 Å². The lowest BCUT2D eigenvalue weighted by atomic mass is 9.90. The monoisotopic (exact) mass is 273 g/mol. The van der Waals surface area contributed by atoms with Crippen molar-refractivity contribution < 1.29 is 18.9 Å². The average molecular weight is 273 g/mol. The first kappa shape index (κ1) is 18.3. The number of hydrogen-bond donors (Lipinski definition) is 0. The standard InChI is InChI=1S/C14H27NO4/c1-14(2,13-15)5-4-6-17-9-10-19-12-11-18-8-7-16-3/h4-12H2,1-3H3. The van der Waals surface area contributed by atoms with Crippen LogP contribution in [0.4, 0.5) is 0 Å². The Morgan fingerprint density at radius 3 is 1.79 bits per heavy atom. The van der Waals surface area contributed by atoms with Crippen LogP contribution in [0.1, 0.15) is 26.7 Å². The molecular weight excluding hydrogens is 246 g/mol. The van der Waals surface area contributed by atoms with E-state index in [0.717, 1.165) is 12.8 Å². The Labute approximate surface area is 116 Å². The minimum atomic E-state index is -0.251. The van der Waals surface area contributed by atoms with E-state index in [4.69, 9.17) is 24.2 Å². The molecule has 0 aliphatic carbocycles. The molecule has 5 nitrogen and oxygen atoms in total. The Bertz CT molecular complexity index is 238. The number of ether oxygens (including phenoxy) is 4. The molecular formula is C14H27NO4. The van der Waals surface area contributed by atoms with Crippen molar-refractivity contribution in [1.82, 2.24) is 0 Å². The van der Waals surface area contributed by atoms with Crippen molar-refractivity contribution in [2.24, 2.45) is 5.41 Å². The van der Waals surface area contributed by atoms with Gasteiger partial charge in [-0.3, -0.25) is 0 Å². The van der Waals surface area contributed by atoms with Crippen LogP contribution in [0.25, 0.3) is 0 Å². The van der Waals surface area contributed by atoms with Crippen LogP contribution in [-0.2, 0) is 18.9 Å². The highest BCUT2D eigenvalue weighted by molar-refractivity contribution is 4.91. The Morgan fingerprint density at radius 1 is 0.842 bits per heavy atom. The zero-order valence-electron chi connectivity index (χ0n) is 12.4. The fraction of sp³-hybridized carbons (Fsp3) is 0.929. The van der Waals surface area contributed by atoms with Gasteiger partial charge in [0.05, 0.1) is 51.1 Å². The molecule has 0 aliphatic rings. The Hall–Kier alpha value is -0.670. The summed E-state index contributed by atoms with van der Waals surface area (Å²) in [6.07, 6.45) is 1.76. The van der Waals surface area contributed by atoms with Crippen LogP contribution in [0.3, 0.4) is 0 Å². The maximum atomic E-state index is 8.84. The molecule has 0 heterocycles.